The first-order chi connectivity index (χ1) is 9.11. The Balaban J connectivity index is 2.28. The number of amides is 1. The predicted octanol–water partition coefficient (Wildman–Crippen LogP) is 4.02. The van der Waals surface area contributed by atoms with Crippen LogP contribution in [-0.2, 0) is 0 Å². The van der Waals surface area contributed by atoms with E-state index in [1.165, 1.54) is 0 Å². The van der Waals surface area contributed by atoms with E-state index in [0.29, 0.717) is 11.3 Å². The van der Waals surface area contributed by atoms with E-state index in [1.807, 2.05) is 37.3 Å². The molecule has 0 aliphatic carbocycles. The molecule has 98 valence electrons. The molecule has 1 amide bonds. The third kappa shape index (κ3) is 3.15. The first-order valence-corrected chi connectivity index (χ1v) is 6.61. The second-order valence-electron chi connectivity index (χ2n) is 4.14. The van der Waals surface area contributed by atoms with E-state index in [9.17, 15) is 4.79 Å². The fourth-order valence-corrected chi connectivity index (χ4v) is 2.10. The molecule has 0 saturated heterocycles. The fraction of sp³-hybridized carbons (Fsp3) is 0.133. The quantitative estimate of drug-likeness (QED) is 0.928. The van der Waals surface area contributed by atoms with Gasteiger partial charge in [-0.05, 0) is 52.7 Å². The van der Waals surface area contributed by atoms with Crippen molar-refractivity contribution in [3.8, 4) is 5.75 Å². The second kappa shape index (κ2) is 5.89. The van der Waals surface area contributed by atoms with Crippen LogP contribution < -0.4 is 10.1 Å². The Labute approximate surface area is 120 Å². The number of para-hydroxylation sites is 1. The number of anilines is 1. The smallest absolute Gasteiger partial charge is 0.259 e. The molecular formula is C15H14BrNO2. The lowest BCUT2D eigenvalue weighted by Gasteiger charge is -2.10. The largest absolute Gasteiger partial charge is 0.496 e. The minimum atomic E-state index is -0.191. The molecule has 0 heterocycles. The van der Waals surface area contributed by atoms with Crippen molar-refractivity contribution < 1.29 is 9.53 Å². The summed E-state index contributed by atoms with van der Waals surface area (Å²) in [4.78, 5) is 12.2. The van der Waals surface area contributed by atoms with Crippen LogP contribution in [0.15, 0.2) is 46.9 Å². The van der Waals surface area contributed by atoms with Crippen LogP contribution in [-0.4, -0.2) is 13.0 Å². The third-order valence-electron chi connectivity index (χ3n) is 2.72. The van der Waals surface area contributed by atoms with Gasteiger partial charge in [-0.15, -0.1) is 0 Å². The topological polar surface area (TPSA) is 38.3 Å². The van der Waals surface area contributed by atoms with Crippen molar-refractivity contribution in [3.05, 3.63) is 58.1 Å². The number of carbonyl (C=O) groups is 1. The van der Waals surface area contributed by atoms with E-state index in [0.717, 1.165) is 15.7 Å². The summed E-state index contributed by atoms with van der Waals surface area (Å²) in [6.07, 6.45) is 0. The molecule has 1 N–H and O–H groups in total. The van der Waals surface area contributed by atoms with Gasteiger partial charge in [-0.2, -0.15) is 0 Å². The molecule has 0 aliphatic rings. The van der Waals surface area contributed by atoms with E-state index in [4.69, 9.17) is 4.74 Å². The highest BCUT2D eigenvalue weighted by molar-refractivity contribution is 9.10. The molecule has 2 aromatic carbocycles. The fourth-order valence-electron chi connectivity index (χ4n) is 1.76. The number of carbonyl (C=O) groups excluding carboxylic acids is 1. The van der Waals surface area contributed by atoms with Crippen molar-refractivity contribution in [2.45, 2.75) is 6.92 Å². The summed E-state index contributed by atoms with van der Waals surface area (Å²) in [6, 6.07) is 12.9. The van der Waals surface area contributed by atoms with Crippen molar-refractivity contribution in [3.63, 3.8) is 0 Å². The van der Waals surface area contributed by atoms with Gasteiger partial charge in [0, 0.05) is 4.47 Å². The lowest BCUT2D eigenvalue weighted by Crippen LogP contribution is -2.13. The van der Waals surface area contributed by atoms with Gasteiger partial charge in [-0.25, -0.2) is 0 Å². The Kier molecular flexibility index (Phi) is 4.22. The Morgan fingerprint density at radius 2 is 1.95 bits per heavy atom. The van der Waals surface area contributed by atoms with Gasteiger partial charge in [0.25, 0.3) is 5.91 Å². The van der Waals surface area contributed by atoms with Gasteiger partial charge in [-0.3, -0.25) is 4.79 Å². The van der Waals surface area contributed by atoms with E-state index >= 15 is 0 Å². The van der Waals surface area contributed by atoms with Crippen molar-refractivity contribution >= 4 is 27.5 Å². The number of ether oxygens (including phenoxy) is 1. The Bertz CT molecular complexity index is 611. The molecule has 0 radical (unpaired) electrons. The molecule has 2 rings (SSSR count). The monoisotopic (exact) mass is 319 g/mol. The number of rotatable bonds is 3. The standard InChI is InChI=1S/C15H14BrNO2/c1-10-7-8-12(16)13(9-10)17-15(18)11-5-3-4-6-14(11)19-2/h3-9H,1-2H3,(H,17,18). The average molecular weight is 320 g/mol. The maximum atomic E-state index is 12.2. The molecule has 0 spiro atoms. The zero-order valence-corrected chi connectivity index (χ0v) is 12.3. The molecule has 0 unspecified atom stereocenters. The highest BCUT2D eigenvalue weighted by Gasteiger charge is 2.12. The summed E-state index contributed by atoms with van der Waals surface area (Å²) in [7, 11) is 1.55. The maximum Gasteiger partial charge on any atom is 0.259 e. The highest BCUT2D eigenvalue weighted by atomic mass is 79.9. The summed E-state index contributed by atoms with van der Waals surface area (Å²) < 4.78 is 6.03. The molecule has 2 aromatic rings. The first kappa shape index (κ1) is 13.6. The Morgan fingerprint density at radius 1 is 1.21 bits per heavy atom. The molecule has 0 aliphatic heterocycles. The number of nitrogens with one attached hydrogen (secondary N) is 1. The molecular weight excluding hydrogens is 306 g/mol. The van der Waals surface area contributed by atoms with Crippen LogP contribution >= 0.6 is 15.9 Å². The van der Waals surface area contributed by atoms with E-state index in [2.05, 4.69) is 21.2 Å². The summed E-state index contributed by atoms with van der Waals surface area (Å²) in [6.45, 7) is 1.98. The van der Waals surface area contributed by atoms with Gasteiger partial charge < -0.3 is 10.1 Å². The van der Waals surface area contributed by atoms with Crippen LogP contribution in [0.5, 0.6) is 5.75 Å². The summed E-state index contributed by atoms with van der Waals surface area (Å²) >= 11 is 3.42. The van der Waals surface area contributed by atoms with E-state index in [-0.39, 0.29) is 5.91 Å². The number of benzene rings is 2. The lowest BCUT2D eigenvalue weighted by molar-refractivity contribution is 0.102. The molecule has 0 saturated carbocycles. The van der Waals surface area contributed by atoms with Gasteiger partial charge in [0.1, 0.15) is 5.75 Å². The number of aryl methyl sites for hydroxylation is 1. The number of methoxy groups -OCH3 is 1. The molecule has 0 atom stereocenters. The van der Waals surface area contributed by atoms with Crippen LogP contribution in [0.3, 0.4) is 0 Å². The second-order valence-corrected chi connectivity index (χ2v) is 4.99. The van der Waals surface area contributed by atoms with Crippen LogP contribution in [0, 0.1) is 6.92 Å². The van der Waals surface area contributed by atoms with E-state index in [1.54, 1.807) is 19.2 Å². The van der Waals surface area contributed by atoms with Gasteiger partial charge >= 0.3 is 0 Å². The van der Waals surface area contributed by atoms with Crippen molar-refractivity contribution in [2.24, 2.45) is 0 Å². The third-order valence-corrected chi connectivity index (χ3v) is 3.41. The highest BCUT2D eigenvalue weighted by Crippen LogP contribution is 2.25. The predicted molar refractivity (Wildman–Crippen MR) is 79.8 cm³/mol. The van der Waals surface area contributed by atoms with Crippen LogP contribution in [0.25, 0.3) is 0 Å². The molecule has 4 heteroatoms. The van der Waals surface area contributed by atoms with Crippen molar-refractivity contribution in [1.29, 1.82) is 0 Å². The number of halogens is 1. The first-order valence-electron chi connectivity index (χ1n) is 5.82. The van der Waals surface area contributed by atoms with Crippen molar-refractivity contribution in [2.75, 3.05) is 12.4 Å². The molecule has 3 nitrogen and oxygen atoms in total. The maximum absolute atomic E-state index is 12.2. The molecule has 0 aromatic heterocycles. The SMILES string of the molecule is COc1ccccc1C(=O)Nc1cc(C)ccc1Br. The Hall–Kier alpha value is -1.81. The number of hydrogen-bond acceptors (Lipinski definition) is 2. The summed E-state index contributed by atoms with van der Waals surface area (Å²) in [5.74, 6) is 0.368. The van der Waals surface area contributed by atoms with Crippen LogP contribution in [0.1, 0.15) is 15.9 Å². The van der Waals surface area contributed by atoms with E-state index < -0.39 is 0 Å². The van der Waals surface area contributed by atoms with Crippen molar-refractivity contribution in [1.82, 2.24) is 0 Å². The van der Waals surface area contributed by atoms with Crippen LogP contribution in [0.4, 0.5) is 5.69 Å². The Morgan fingerprint density at radius 3 is 2.68 bits per heavy atom. The summed E-state index contributed by atoms with van der Waals surface area (Å²) in [5, 5.41) is 2.88. The minimum Gasteiger partial charge on any atom is -0.496 e. The van der Waals surface area contributed by atoms with Gasteiger partial charge in [0.15, 0.2) is 0 Å². The van der Waals surface area contributed by atoms with Gasteiger partial charge in [-0.1, -0.05) is 18.2 Å². The number of hydrogen-bond donors (Lipinski definition) is 1. The van der Waals surface area contributed by atoms with Gasteiger partial charge in [0.05, 0.1) is 18.4 Å². The zero-order chi connectivity index (χ0) is 13.8. The van der Waals surface area contributed by atoms with Crippen LogP contribution in [0.2, 0.25) is 0 Å². The molecule has 19 heavy (non-hydrogen) atoms. The average Bonchev–Trinajstić information content (AvgIpc) is 2.42. The molecule has 0 bridgehead atoms. The van der Waals surface area contributed by atoms with Gasteiger partial charge in [0.2, 0.25) is 0 Å². The molecule has 0 fully saturated rings. The minimum absolute atomic E-state index is 0.191. The normalized spacial score (nSPS) is 10.1. The summed E-state index contributed by atoms with van der Waals surface area (Å²) in [5.41, 5.74) is 2.34. The zero-order valence-electron chi connectivity index (χ0n) is 10.7. The lowest BCUT2D eigenvalue weighted by atomic mass is 10.1.